The highest BCUT2D eigenvalue weighted by Crippen LogP contribution is 2.22. The fourth-order valence-electron chi connectivity index (χ4n) is 2.79. The summed E-state index contributed by atoms with van der Waals surface area (Å²) >= 11 is 0. The Labute approximate surface area is 117 Å². The van der Waals surface area contributed by atoms with Crippen LogP contribution >= 0.6 is 0 Å². The normalized spacial score (nSPS) is 19.7. The summed E-state index contributed by atoms with van der Waals surface area (Å²) in [5.74, 6) is 1.96. The molecule has 3 heteroatoms. The van der Waals surface area contributed by atoms with Crippen LogP contribution in [0.2, 0.25) is 0 Å². The number of piperidine rings is 1. The van der Waals surface area contributed by atoms with E-state index in [1.807, 2.05) is 0 Å². The van der Waals surface area contributed by atoms with Gasteiger partial charge in [0, 0.05) is 25.3 Å². The van der Waals surface area contributed by atoms with Gasteiger partial charge in [0.2, 0.25) is 0 Å². The van der Waals surface area contributed by atoms with Crippen molar-refractivity contribution < 1.29 is 0 Å². The summed E-state index contributed by atoms with van der Waals surface area (Å²) in [7, 11) is 0. The molecule has 106 valence electrons. The average Bonchev–Trinajstić information content (AvgIpc) is 2.38. The highest BCUT2D eigenvalue weighted by atomic mass is 15.2. The molecule has 2 heterocycles. The van der Waals surface area contributed by atoms with Gasteiger partial charge in [-0.25, -0.2) is 4.98 Å². The van der Waals surface area contributed by atoms with Gasteiger partial charge in [-0.3, -0.25) is 0 Å². The maximum atomic E-state index is 4.72. The summed E-state index contributed by atoms with van der Waals surface area (Å²) in [5.41, 5.74) is 2.48. The van der Waals surface area contributed by atoms with Crippen molar-refractivity contribution in [2.24, 2.45) is 5.92 Å². The number of hydrogen-bond donors (Lipinski definition) is 1. The third-order valence-corrected chi connectivity index (χ3v) is 3.74. The second-order valence-electron chi connectivity index (χ2n) is 5.85. The van der Waals surface area contributed by atoms with Crippen LogP contribution in [0.25, 0.3) is 0 Å². The number of aromatic nitrogens is 1. The summed E-state index contributed by atoms with van der Waals surface area (Å²) in [6.45, 7) is 11.0. The number of pyridine rings is 1. The number of hydrogen-bond acceptors (Lipinski definition) is 3. The van der Waals surface area contributed by atoms with Crippen LogP contribution in [0.1, 0.15) is 44.4 Å². The molecular weight excluding hydrogens is 234 g/mol. The van der Waals surface area contributed by atoms with E-state index >= 15 is 0 Å². The molecule has 1 saturated heterocycles. The van der Waals surface area contributed by atoms with Crippen LogP contribution in [0.15, 0.2) is 12.1 Å². The fourth-order valence-corrected chi connectivity index (χ4v) is 2.79. The molecule has 0 saturated carbocycles. The lowest BCUT2D eigenvalue weighted by Crippen LogP contribution is -2.35. The van der Waals surface area contributed by atoms with Crippen LogP contribution in [-0.4, -0.2) is 24.6 Å². The molecule has 19 heavy (non-hydrogen) atoms. The zero-order valence-electron chi connectivity index (χ0n) is 12.6. The van der Waals surface area contributed by atoms with Gasteiger partial charge >= 0.3 is 0 Å². The SMILES string of the molecule is CCCNCc1cc(C)nc(N2CCCC(C)C2)c1. The van der Waals surface area contributed by atoms with E-state index < -0.39 is 0 Å². The standard InChI is InChI=1S/C16H27N3/c1-4-7-17-11-15-9-14(3)18-16(10-15)19-8-5-6-13(2)12-19/h9-10,13,17H,4-8,11-12H2,1-3H3. The summed E-state index contributed by atoms with van der Waals surface area (Å²) in [6, 6.07) is 4.45. The molecule has 0 amide bonds. The minimum Gasteiger partial charge on any atom is -0.356 e. The molecule has 1 unspecified atom stereocenters. The molecule has 0 bridgehead atoms. The summed E-state index contributed by atoms with van der Waals surface area (Å²) in [5, 5.41) is 3.47. The molecule has 1 fully saturated rings. The summed E-state index contributed by atoms with van der Waals surface area (Å²) in [4.78, 5) is 7.17. The van der Waals surface area contributed by atoms with Gasteiger partial charge in [-0.15, -0.1) is 0 Å². The number of nitrogens with zero attached hydrogens (tertiary/aromatic N) is 2. The number of nitrogens with one attached hydrogen (secondary N) is 1. The van der Waals surface area contributed by atoms with Crippen molar-refractivity contribution in [1.29, 1.82) is 0 Å². The van der Waals surface area contributed by atoms with Gasteiger partial charge < -0.3 is 10.2 Å². The predicted molar refractivity (Wildman–Crippen MR) is 81.6 cm³/mol. The lowest BCUT2D eigenvalue weighted by Gasteiger charge is -2.32. The van der Waals surface area contributed by atoms with Crippen molar-refractivity contribution in [3.63, 3.8) is 0 Å². The average molecular weight is 261 g/mol. The minimum atomic E-state index is 0.790. The molecule has 0 spiro atoms. The van der Waals surface area contributed by atoms with Crippen molar-refractivity contribution in [2.75, 3.05) is 24.5 Å². The van der Waals surface area contributed by atoms with Crippen LogP contribution in [0.3, 0.4) is 0 Å². The van der Waals surface area contributed by atoms with Crippen LogP contribution in [-0.2, 0) is 6.54 Å². The number of aryl methyl sites for hydroxylation is 1. The number of anilines is 1. The Balaban J connectivity index is 2.07. The van der Waals surface area contributed by atoms with E-state index in [0.717, 1.165) is 37.8 Å². The van der Waals surface area contributed by atoms with E-state index in [0.29, 0.717) is 0 Å². The largest absolute Gasteiger partial charge is 0.356 e. The van der Waals surface area contributed by atoms with Crippen molar-refractivity contribution in [3.8, 4) is 0 Å². The van der Waals surface area contributed by atoms with Crippen molar-refractivity contribution in [2.45, 2.75) is 46.6 Å². The van der Waals surface area contributed by atoms with E-state index in [9.17, 15) is 0 Å². The minimum absolute atomic E-state index is 0.790. The van der Waals surface area contributed by atoms with Crippen molar-refractivity contribution in [3.05, 3.63) is 23.4 Å². The second-order valence-corrected chi connectivity index (χ2v) is 5.85. The second kappa shape index (κ2) is 6.90. The molecule has 1 aromatic heterocycles. The van der Waals surface area contributed by atoms with Crippen molar-refractivity contribution >= 4 is 5.82 Å². The van der Waals surface area contributed by atoms with Gasteiger partial charge in [-0.2, -0.15) is 0 Å². The van der Waals surface area contributed by atoms with Crippen LogP contribution in [0.4, 0.5) is 5.82 Å². The molecule has 1 aromatic rings. The Kier molecular flexibility index (Phi) is 5.20. The summed E-state index contributed by atoms with van der Waals surface area (Å²) in [6.07, 6.45) is 3.83. The van der Waals surface area contributed by atoms with E-state index in [1.165, 1.54) is 30.6 Å². The van der Waals surface area contributed by atoms with Gasteiger partial charge in [-0.05, 0) is 56.3 Å². The highest BCUT2D eigenvalue weighted by molar-refractivity contribution is 5.43. The van der Waals surface area contributed by atoms with Crippen molar-refractivity contribution in [1.82, 2.24) is 10.3 Å². The Morgan fingerprint density at radius 2 is 2.26 bits per heavy atom. The van der Waals surface area contributed by atoms with Crippen LogP contribution in [0.5, 0.6) is 0 Å². The Bertz CT molecular complexity index is 403. The zero-order chi connectivity index (χ0) is 13.7. The molecule has 0 aliphatic carbocycles. The number of rotatable bonds is 5. The van der Waals surface area contributed by atoms with Gasteiger partial charge in [0.25, 0.3) is 0 Å². The van der Waals surface area contributed by atoms with Gasteiger partial charge in [0.05, 0.1) is 0 Å². The zero-order valence-corrected chi connectivity index (χ0v) is 12.6. The first kappa shape index (κ1) is 14.3. The summed E-state index contributed by atoms with van der Waals surface area (Å²) < 4.78 is 0. The molecule has 1 N–H and O–H groups in total. The first-order valence-corrected chi connectivity index (χ1v) is 7.62. The Hall–Kier alpha value is -1.09. The molecular formula is C16H27N3. The lowest BCUT2D eigenvalue weighted by molar-refractivity contribution is 0.444. The van der Waals surface area contributed by atoms with E-state index in [4.69, 9.17) is 4.98 Å². The molecule has 2 rings (SSSR count). The van der Waals surface area contributed by atoms with Crippen LogP contribution in [0, 0.1) is 12.8 Å². The van der Waals surface area contributed by atoms with E-state index in [1.54, 1.807) is 0 Å². The first-order chi connectivity index (χ1) is 9.19. The Morgan fingerprint density at radius 3 is 3.00 bits per heavy atom. The molecule has 0 radical (unpaired) electrons. The maximum absolute atomic E-state index is 4.72. The highest BCUT2D eigenvalue weighted by Gasteiger charge is 2.18. The van der Waals surface area contributed by atoms with Crippen LogP contribution < -0.4 is 10.2 Å². The first-order valence-electron chi connectivity index (χ1n) is 7.62. The van der Waals surface area contributed by atoms with Gasteiger partial charge in [-0.1, -0.05) is 13.8 Å². The Morgan fingerprint density at radius 1 is 1.42 bits per heavy atom. The maximum Gasteiger partial charge on any atom is 0.129 e. The third kappa shape index (κ3) is 4.20. The third-order valence-electron chi connectivity index (χ3n) is 3.74. The molecule has 1 aliphatic rings. The fraction of sp³-hybridized carbons (Fsp3) is 0.688. The predicted octanol–water partition coefficient (Wildman–Crippen LogP) is 3.13. The van der Waals surface area contributed by atoms with E-state index in [-0.39, 0.29) is 0 Å². The van der Waals surface area contributed by atoms with E-state index in [2.05, 4.69) is 43.1 Å². The quantitative estimate of drug-likeness (QED) is 0.825. The molecule has 1 atom stereocenters. The van der Waals surface area contributed by atoms with Gasteiger partial charge in [0.15, 0.2) is 0 Å². The monoisotopic (exact) mass is 261 g/mol. The van der Waals surface area contributed by atoms with Gasteiger partial charge in [0.1, 0.15) is 5.82 Å². The topological polar surface area (TPSA) is 28.2 Å². The smallest absolute Gasteiger partial charge is 0.129 e. The molecule has 0 aromatic carbocycles. The molecule has 1 aliphatic heterocycles. The lowest BCUT2D eigenvalue weighted by atomic mass is 10.0. The molecule has 3 nitrogen and oxygen atoms in total.